The van der Waals surface area contributed by atoms with Gasteiger partial charge in [-0.1, -0.05) is 0 Å². The summed E-state index contributed by atoms with van der Waals surface area (Å²) >= 11 is 0. The summed E-state index contributed by atoms with van der Waals surface area (Å²) in [5.74, 6) is -2.79. The van der Waals surface area contributed by atoms with Gasteiger partial charge in [-0.05, 0) is 19.1 Å². The second kappa shape index (κ2) is 8.87. The fourth-order valence-electron chi connectivity index (χ4n) is 3.80. The van der Waals surface area contributed by atoms with Crippen LogP contribution in [0.2, 0.25) is 0 Å². The first-order valence-corrected chi connectivity index (χ1v) is 11.1. The Bertz CT molecular complexity index is 1090. The highest BCUT2D eigenvalue weighted by Crippen LogP contribution is 2.33. The number of amides is 2. The molecule has 2 aliphatic heterocycles. The van der Waals surface area contributed by atoms with Crippen LogP contribution in [0, 0.1) is 17.6 Å². The molecule has 32 heavy (non-hydrogen) atoms. The van der Waals surface area contributed by atoms with Gasteiger partial charge in [-0.3, -0.25) is 4.79 Å². The van der Waals surface area contributed by atoms with E-state index >= 15 is 0 Å². The summed E-state index contributed by atoms with van der Waals surface area (Å²) in [5, 5.41) is 2.50. The first-order valence-electron chi connectivity index (χ1n) is 9.96. The minimum Gasteiger partial charge on any atom is -0.489 e. The maximum Gasteiger partial charge on any atom is 0.409 e. The van der Waals surface area contributed by atoms with Crippen molar-refractivity contribution in [3.63, 3.8) is 0 Å². The lowest BCUT2D eigenvalue weighted by atomic mass is 10.1. The Kier molecular flexibility index (Phi) is 6.15. The van der Waals surface area contributed by atoms with Gasteiger partial charge in [0.2, 0.25) is 0 Å². The molecule has 1 aromatic carbocycles. The number of hydrogen-bond acceptors (Lipinski definition) is 5. The van der Waals surface area contributed by atoms with E-state index in [-0.39, 0.29) is 47.2 Å². The van der Waals surface area contributed by atoms with Gasteiger partial charge < -0.3 is 24.3 Å². The largest absolute Gasteiger partial charge is 0.489 e. The number of ether oxygens (including phenoxy) is 2. The average molecular weight is 468 g/mol. The molecule has 2 aliphatic rings. The second-order valence-corrected chi connectivity index (χ2v) is 8.75. The highest BCUT2D eigenvalue weighted by atomic mass is 32.2. The van der Waals surface area contributed by atoms with E-state index in [4.69, 9.17) is 9.47 Å². The van der Waals surface area contributed by atoms with Gasteiger partial charge in [0.05, 0.1) is 13.2 Å². The topological polar surface area (TPSA) is 102 Å². The van der Waals surface area contributed by atoms with Crippen molar-refractivity contribution in [1.29, 1.82) is 0 Å². The molecule has 0 radical (unpaired) electrons. The lowest BCUT2D eigenvalue weighted by molar-refractivity contribution is 0.101. The highest BCUT2D eigenvalue weighted by molar-refractivity contribution is 7.83. The summed E-state index contributed by atoms with van der Waals surface area (Å²) < 4.78 is 55.1. The van der Waals surface area contributed by atoms with Gasteiger partial charge in [0, 0.05) is 50.0 Å². The van der Waals surface area contributed by atoms with Gasteiger partial charge >= 0.3 is 6.09 Å². The van der Waals surface area contributed by atoms with Gasteiger partial charge in [-0.15, -0.1) is 0 Å². The van der Waals surface area contributed by atoms with Crippen molar-refractivity contribution in [3.05, 3.63) is 41.7 Å². The van der Waals surface area contributed by atoms with E-state index in [9.17, 15) is 22.6 Å². The molecule has 0 bridgehead atoms. The third-order valence-corrected chi connectivity index (χ3v) is 6.57. The predicted molar refractivity (Wildman–Crippen MR) is 111 cm³/mol. The minimum absolute atomic E-state index is 0.0647. The molecule has 3 heterocycles. The number of nitrogens with zero attached hydrogens (tertiary/aromatic N) is 2. The molecule has 172 valence electrons. The molecule has 2 aromatic rings. The van der Waals surface area contributed by atoms with Crippen molar-refractivity contribution in [2.45, 2.75) is 17.9 Å². The molecule has 1 aromatic heterocycles. The number of carbonyl (C=O) groups is 2. The van der Waals surface area contributed by atoms with E-state index in [1.165, 1.54) is 21.7 Å². The van der Waals surface area contributed by atoms with Crippen molar-refractivity contribution in [1.82, 2.24) is 14.2 Å². The summed E-state index contributed by atoms with van der Waals surface area (Å²) in [6, 6.07) is 2.74. The van der Waals surface area contributed by atoms with Crippen molar-refractivity contribution in [2.75, 3.05) is 31.6 Å². The standard InChI is InChI=1S/C20H22F2N4O5S/c1-3-30-20(28)26-7-11-10-31-18-16(32(29)24-15(11)8-26)9-25(2)17(18)19(27)23-12-4-5-13(21)14(22)6-12/h4-6,9,11,15,24H,3,7-8,10H2,1-2H3,(H,23,27). The van der Waals surface area contributed by atoms with Crippen LogP contribution < -0.4 is 14.8 Å². The highest BCUT2D eigenvalue weighted by Gasteiger charge is 2.40. The molecule has 3 unspecified atom stereocenters. The summed E-state index contributed by atoms with van der Waals surface area (Å²) in [6.45, 7) is 2.82. The molecule has 0 spiro atoms. The second-order valence-electron chi connectivity index (χ2n) is 7.53. The molecular formula is C20H22F2N4O5S. The van der Waals surface area contributed by atoms with Gasteiger partial charge in [-0.25, -0.2) is 22.5 Å². The third-order valence-electron chi connectivity index (χ3n) is 5.36. The zero-order chi connectivity index (χ0) is 23.0. The number of aryl methyl sites for hydroxylation is 1. The number of halogens is 2. The molecule has 4 rings (SSSR count). The van der Waals surface area contributed by atoms with E-state index in [0.29, 0.717) is 13.1 Å². The average Bonchev–Trinajstić information content (AvgIpc) is 3.28. The van der Waals surface area contributed by atoms with Crippen LogP contribution in [-0.4, -0.2) is 58.0 Å². The van der Waals surface area contributed by atoms with Gasteiger partial charge in [0.15, 0.2) is 23.1 Å². The maximum absolute atomic E-state index is 13.5. The summed E-state index contributed by atoms with van der Waals surface area (Å²) in [7, 11) is -0.117. The molecule has 3 atom stereocenters. The van der Waals surface area contributed by atoms with E-state index in [1.807, 2.05) is 0 Å². The first-order chi connectivity index (χ1) is 15.3. The molecule has 1 saturated heterocycles. The van der Waals surface area contributed by atoms with Crippen LogP contribution in [0.5, 0.6) is 5.75 Å². The Hall–Kier alpha value is -2.99. The van der Waals surface area contributed by atoms with Crippen molar-refractivity contribution < 1.29 is 32.1 Å². The first kappa shape index (κ1) is 22.2. The normalized spacial score (nSPS) is 22.2. The third kappa shape index (κ3) is 4.19. The smallest absolute Gasteiger partial charge is 0.409 e. The molecule has 9 nitrogen and oxygen atoms in total. The van der Waals surface area contributed by atoms with Gasteiger partial charge in [0.25, 0.3) is 5.91 Å². The van der Waals surface area contributed by atoms with Crippen LogP contribution in [0.15, 0.2) is 29.3 Å². The number of anilines is 1. The van der Waals surface area contributed by atoms with Gasteiger partial charge in [-0.2, -0.15) is 0 Å². The fraction of sp³-hybridized carbons (Fsp3) is 0.400. The monoisotopic (exact) mass is 468 g/mol. The number of fused-ring (bicyclic) bond motifs is 2. The Labute approximate surface area is 185 Å². The number of carbonyl (C=O) groups excluding carboxylic acids is 2. The van der Waals surface area contributed by atoms with Crippen LogP contribution in [0.3, 0.4) is 0 Å². The summed E-state index contributed by atoms with van der Waals surface area (Å²) in [6.07, 6.45) is 1.06. The fourth-order valence-corrected chi connectivity index (χ4v) is 5.05. The predicted octanol–water partition coefficient (Wildman–Crippen LogP) is 2.02. The van der Waals surface area contributed by atoms with Crippen molar-refractivity contribution in [3.8, 4) is 5.75 Å². The van der Waals surface area contributed by atoms with E-state index in [2.05, 4.69) is 10.0 Å². The Balaban J connectivity index is 1.56. The van der Waals surface area contributed by atoms with Crippen LogP contribution >= 0.6 is 0 Å². The molecular weight excluding hydrogens is 446 g/mol. The number of hydrogen-bond donors (Lipinski definition) is 2. The zero-order valence-electron chi connectivity index (χ0n) is 17.4. The SMILES string of the molecule is CCOC(=O)N1CC2COc3c(cn(C)c3C(=O)Nc3ccc(F)c(F)c3)S(=O)NC2C1. The van der Waals surface area contributed by atoms with E-state index in [0.717, 1.165) is 12.1 Å². The Morgan fingerprint density at radius 1 is 1.31 bits per heavy atom. The van der Waals surface area contributed by atoms with Crippen LogP contribution in [-0.2, 0) is 22.8 Å². The number of nitrogens with one attached hydrogen (secondary N) is 2. The quantitative estimate of drug-likeness (QED) is 0.718. The number of aromatic nitrogens is 1. The van der Waals surface area contributed by atoms with E-state index < -0.39 is 34.6 Å². The number of rotatable bonds is 3. The summed E-state index contributed by atoms with van der Waals surface area (Å²) in [4.78, 5) is 26.8. The van der Waals surface area contributed by atoms with Crippen molar-refractivity contribution in [2.24, 2.45) is 13.0 Å². The molecule has 2 amide bonds. The number of benzene rings is 1. The molecule has 0 saturated carbocycles. The van der Waals surface area contributed by atoms with Crippen LogP contribution in [0.4, 0.5) is 19.3 Å². The summed E-state index contributed by atoms with van der Waals surface area (Å²) in [5.41, 5.74) is 0.147. The Morgan fingerprint density at radius 3 is 2.81 bits per heavy atom. The lowest BCUT2D eigenvalue weighted by Crippen LogP contribution is -2.41. The lowest BCUT2D eigenvalue weighted by Gasteiger charge is -2.23. The molecule has 1 fully saturated rings. The number of likely N-dealkylation sites (tertiary alicyclic amines) is 1. The molecule has 2 N–H and O–H groups in total. The molecule has 0 aliphatic carbocycles. The van der Waals surface area contributed by atoms with Crippen molar-refractivity contribution >= 4 is 28.7 Å². The van der Waals surface area contributed by atoms with Gasteiger partial charge in [0.1, 0.15) is 15.9 Å². The van der Waals surface area contributed by atoms with E-state index in [1.54, 1.807) is 14.0 Å². The zero-order valence-corrected chi connectivity index (χ0v) is 18.2. The minimum atomic E-state index is -1.71. The van der Waals surface area contributed by atoms with Crippen LogP contribution in [0.1, 0.15) is 17.4 Å². The van der Waals surface area contributed by atoms with Crippen LogP contribution in [0.25, 0.3) is 0 Å². The Morgan fingerprint density at radius 2 is 2.09 bits per heavy atom. The molecule has 12 heteroatoms. The maximum atomic E-state index is 13.5.